The molecule has 0 radical (unpaired) electrons. The SMILES string of the molecule is CCOc1ncccc1C(=O)N(CCOC)Cc1nc2ccccc2c(=O)[nH]1. The number of rotatable bonds is 8. The molecule has 28 heavy (non-hydrogen) atoms. The van der Waals surface area contributed by atoms with E-state index in [1.807, 2.05) is 13.0 Å². The number of hydrogen-bond acceptors (Lipinski definition) is 6. The Balaban J connectivity index is 1.93. The van der Waals surface area contributed by atoms with Gasteiger partial charge in [-0.1, -0.05) is 12.1 Å². The smallest absolute Gasteiger partial charge is 0.259 e. The third-order valence-corrected chi connectivity index (χ3v) is 4.14. The van der Waals surface area contributed by atoms with Crippen LogP contribution >= 0.6 is 0 Å². The topological polar surface area (TPSA) is 97.4 Å². The van der Waals surface area contributed by atoms with Crippen LogP contribution in [0.4, 0.5) is 0 Å². The first-order valence-electron chi connectivity index (χ1n) is 8.98. The zero-order chi connectivity index (χ0) is 19.9. The van der Waals surface area contributed by atoms with Crippen LogP contribution in [-0.2, 0) is 11.3 Å². The van der Waals surface area contributed by atoms with Crippen molar-refractivity contribution in [2.45, 2.75) is 13.5 Å². The molecule has 0 aliphatic carbocycles. The average molecular weight is 382 g/mol. The first-order chi connectivity index (χ1) is 13.6. The molecule has 0 aliphatic heterocycles. The standard InChI is InChI=1S/C20H22N4O4/c1-3-28-19-15(8-6-10-21-19)20(26)24(11-12-27-2)13-17-22-16-9-5-4-7-14(16)18(25)23-17/h4-10H,3,11-13H2,1-2H3,(H,22,23,25). The van der Waals surface area contributed by atoms with Crippen molar-refractivity contribution in [1.29, 1.82) is 0 Å². The van der Waals surface area contributed by atoms with Crippen molar-refractivity contribution in [3.8, 4) is 5.88 Å². The molecule has 1 amide bonds. The number of pyridine rings is 1. The second-order valence-corrected chi connectivity index (χ2v) is 6.04. The minimum atomic E-state index is -0.274. The molecule has 8 heteroatoms. The molecule has 0 atom stereocenters. The molecule has 2 aromatic heterocycles. The number of benzene rings is 1. The molecule has 3 rings (SSSR count). The lowest BCUT2D eigenvalue weighted by atomic mass is 10.2. The van der Waals surface area contributed by atoms with Gasteiger partial charge in [0.05, 0.1) is 30.7 Å². The molecular formula is C20H22N4O4. The second kappa shape index (κ2) is 9.09. The lowest BCUT2D eigenvalue weighted by Crippen LogP contribution is -2.35. The van der Waals surface area contributed by atoms with E-state index in [1.165, 1.54) is 0 Å². The van der Waals surface area contributed by atoms with Gasteiger partial charge in [-0.2, -0.15) is 0 Å². The molecule has 8 nitrogen and oxygen atoms in total. The Labute approximate surface area is 162 Å². The molecule has 0 saturated heterocycles. The lowest BCUT2D eigenvalue weighted by molar-refractivity contribution is 0.0670. The normalized spacial score (nSPS) is 10.8. The van der Waals surface area contributed by atoms with Gasteiger partial charge in [-0.25, -0.2) is 9.97 Å². The zero-order valence-corrected chi connectivity index (χ0v) is 15.8. The Bertz CT molecular complexity index is 1020. The fourth-order valence-corrected chi connectivity index (χ4v) is 2.82. The Kier molecular flexibility index (Phi) is 6.33. The van der Waals surface area contributed by atoms with E-state index in [4.69, 9.17) is 9.47 Å². The van der Waals surface area contributed by atoms with Gasteiger partial charge in [0.15, 0.2) is 0 Å². The third kappa shape index (κ3) is 4.34. The number of fused-ring (bicyclic) bond motifs is 1. The van der Waals surface area contributed by atoms with Gasteiger partial charge >= 0.3 is 0 Å². The van der Waals surface area contributed by atoms with E-state index in [2.05, 4.69) is 15.0 Å². The van der Waals surface area contributed by atoms with E-state index in [1.54, 1.807) is 48.5 Å². The number of methoxy groups -OCH3 is 1. The van der Waals surface area contributed by atoms with Crippen molar-refractivity contribution in [2.75, 3.05) is 26.9 Å². The number of carbonyl (C=O) groups is 1. The summed E-state index contributed by atoms with van der Waals surface area (Å²) in [6.07, 6.45) is 1.57. The minimum absolute atomic E-state index is 0.128. The number of nitrogens with zero attached hydrogens (tertiary/aromatic N) is 3. The quantitative estimate of drug-likeness (QED) is 0.640. The fourth-order valence-electron chi connectivity index (χ4n) is 2.82. The van der Waals surface area contributed by atoms with E-state index < -0.39 is 0 Å². The van der Waals surface area contributed by atoms with E-state index in [0.29, 0.717) is 42.0 Å². The van der Waals surface area contributed by atoms with Gasteiger partial charge in [0.25, 0.3) is 11.5 Å². The zero-order valence-electron chi connectivity index (χ0n) is 15.8. The predicted octanol–water partition coefficient (Wildman–Crippen LogP) is 2.01. The van der Waals surface area contributed by atoms with Crippen LogP contribution in [0.15, 0.2) is 47.4 Å². The average Bonchev–Trinajstić information content (AvgIpc) is 2.71. The summed E-state index contributed by atoms with van der Waals surface area (Å²) in [4.78, 5) is 38.4. The molecule has 0 unspecified atom stereocenters. The van der Waals surface area contributed by atoms with Crippen molar-refractivity contribution in [1.82, 2.24) is 19.9 Å². The van der Waals surface area contributed by atoms with Gasteiger partial charge in [0.1, 0.15) is 11.4 Å². The summed E-state index contributed by atoms with van der Waals surface area (Å²) < 4.78 is 10.6. The van der Waals surface area contributed by atoms with Crippen LogP contribution in [0.25, 0.3) is 10.9 Å². The molecule has 0 spiro atoms. The van der Waals surface area contributed by atoms with Gasteiger partial charge in [-0.05, 0) is 31.2 Å². The van der Waals surface area contributed by atoms with Crippen LogP contribution < -0.4 is 10.3 Å². The fraction of sp³-hybridized carbons (Fsp3) is 0.300. The highest BCUT2D eigenvalue weighted by Crippen LogP contribution is 2.18. The highest BCUT2D eigenvalue weighted by Gasteiger charge is 2.21. The van der Waals surface area contributed by atoms with Crippen LogP contribution in [0.3, 0.4) is 0 Å². The number of amides is 1. The Morgan fingerprint density at radius 1 is 1.21 bits per heavy atom. The molecule has 0 aliphatic rings. The Morgan fingerprint density at radius 3 is 2.82 bits per heavy atom. The van der Waals surface area contributed by atoms with Crippen molar-refractivity contribution >= 4 is 16.8 Å². The molecule has 146 valence electrons. The van der Waals surface area contributed by atoms with Crippen LogP contribution in [0.2, 0.25) is 0 Å². The molecule has 2 heterocycles. The number of nitrogens with one attached hydrogen (secondary N) is 1. The largest absolute Gasteiger partial charge is 0.477 e. The summed E-state index contributed by atoms with van der Waals surface area (Å²) in [6, 6.07) is 10.4. The molecule has 1 N–H and O–H groups in total. The molecule has 0 fully saturated rings. The molecule has 1 aromatic carbocycles. The Hall–Kier alpha value is -3.26. The summed E-state index contributed by atoms with van der Waals surface area (Å²) in [5, 5.41) is 0.506. The van der Waals surface area contributed by atoms with E-state index in [0.717, 1.165) is 0 Å². The molecule has 0 saturated carbocycles. The summed E-state index contributed by atoms with van der Waals surface area (Å²) >= 11 is 0. The maximum Gasteiger partial charge on any atom is 0.259 e. The molecule has 0 bridgehead atoms. The van der Waals surface area contributed by atoms with Crippen LogP contribution in [0.5, 0.6) is 5.88 Å². The Morgan fingerprint density at radius 2 is 2.04 bits per heavy atom. The maximum atomic E-state index is 13.1. The van der Waals surface area contributed by atoms with Gasteiger partial charge in [0.2, 0.25) is 5.88 Å². The predicted molar refractivity (Wildman–Crippen MR) is 104 cm³/mol. The first kappa shape index (κ1) is 19.5. The van der Waals surface area contributed by atoms with Gasteiger partial charge in [-0.3, -0.25) is 9.59 Å². The summed E-state index contributed by atoms with van der Waals surface area (Å²) in [7, 11) is 1.56. The van der Waals surface area contributed by atoms with Gasteiger partial charge in [-0.15, -0.1) is 0 Å². The summed E-state index contributed by atoms with van der Waals surface area (Å²) in [5.41, 5.74) is 0.691. The van der Waals surface area contributed by atoms with Crippen LogP contribution in [0, 0.1) is 0 Å². The number of aromatic amines is 1. The summed E-state index contributed by atoms with van der Waals surface area (Å²) in [6.45, 7) is 3.02. The van der Waals surface area contributed by atoms with E-state index >= 15 is 0 Å². The second-order valence-electron chi connectivity index (χ2n) is 6.04. The third-order valence-electron chi connectivity index (χ3n) is 4.14. The minimum Gasteiger partial charge on any atom is -0.477 e. The number of hydrogen-bond donors (Lipinski definition) is 1. The monoisotopic (exact) mass is 382 g/mol. The van der Waals surface area contributed by atoms with E-state index in [9.17, 15) is 9.59 Å². The first-order valence-corrected chi connectivity index (χ1v) is 8.98. The molecule has 3 aromatic rings. The number of H-pyrrole nitrogens is 1. The van der Waals surface area contributed by atoms with Gasteiger partial charge in [0, 0.05) is 19.9 Å². The molecular weight excluding hydrogens is 360 g/mol. The van der Waals surface area contributed by atoms with Crippen molar-refractivity contribution in [3.05, 3.63) is 64.3 Å². The number of para-hydroxylation sites is 1. The number of aromatic nitrogens is 3. The number of ether oxygens (including phenoxy) is 2. The number of carbonyl (C=O) groups excluding carboxylic acids is 1. The lowest BCUT2D eigenvalue weighted by Gasteiger charge is -2.22. The van der Waals surface area contributed by atoms with Crippen molar-refractivity contribution < 1.29 is 14.3 Å². The van der Waals surface area contributed by atoms with Crippen LogP contribution in [-0.4, -0.2) is 52.6 Å². The van der Waals surface area contributed by atoms with Crippen molar-refractivity contribution in [2.24, 2.45) is 0 Å². The highest BCUT2D eigenvalue weighted by atomic mass is 16.5. The summed E-state index contributed by atoms with van der Waals surface area (Å²) in [5.74, 6) is 0.400. The van der Waals surface area contributed by atoms with Crippen LogP contribution in [0.1, 0.15) is 23.1 Å². The van der Waals surface area contributed by atoms with E-state index in [-0.39, 0.29) is 23.9 Å². The van der Waals surface area contributed by atoms with Crippen molar-refractivity contribution in [3.63, 3.8) is 0 Å². The van der Waals surface area contributed by atoms with Gasteiger partial charge < -0.3 is 19.4 Å². The highest BCUT2D eigenvalue weighted by molar-refractivity contribution is 5.96. The maximum absolute atomic E-state index is 13.1.